The second-order valence-corrected chi connectivity index (χ2v) is 4.44. The molecule has 1 fully saturated rings. The van der Waals surface area contributed by atoms with Crippen LogP contribution in [0.1, 0.15) is 18.0 Å². The molecule has 7 nitrogen and oxygen atoms in total. The lowest BCUT2D eigenvalue weighted by molar-refractivity contribution is -0.0195. The maximum absolute atomic E-state index is 11.7. The quantitative estimate of drug-likeness (QED) is 0.612. The topological polar surface area (TPSA) is 105 Å². The number of hydrogen-bond acceptors (Lipinski definition) is 5. The molecule has 2 heterocycles. The van der Waals surface area contributed by atoms with Gasteiger partial charge in [0, 0.05) is 11.8 Å². The van der Waals surface area contributed by atoms with E-state index in [1.54, 1.807) is 6.92 Å². The molecule has 2 rings (SSSR count). The summed E-state index contributed by atoms with van der Waals surface area (Å²) < 4.78 is 6.75. The van der Waals surface area contributed by atoms with Gasteiger partial charge in [-0.1, -0.05) is 0 Å². The Balaban J connectivity index is 2.39. The molecule has 0 amide bonds. The summed E-state index contributed by atoms with van der Waals surface area (Å²) in [4.78, 5) is 25.2. The molecule has 1 aromatic rings. The molecule has 0 bridgehead atoms. The van der Waals surface area contributed by atoms with Crippen molar-refractivity contribution in [2.45, 2.75) is 31.6 Å². The van der Waals surface area contributed by atoms with Crippen LogP contribution in [0.2, 0.25) is 0 Å². The number of aromatic amines is 1. The van der Waals surface area contributed by atoms with Crippen LogP contribution in [0.5, 0.6) is 0 Å². The van der Waals surface area contributed by atoms with Crippen LogP contribution in [0, 0.1) is 6.92 Å². The van der Waals surface area contributed by atoms with Crippen molar-refractivity contribution >= 4 is 0 Å². The van der Waals surface area contributed by atoms with Crippen molar-refractivity contribution in [3.63, 3.8) is 0 Å². The third kappa shape index (κ3) is 2.24. The predicted octanol–water partition coefficient (Wildman–Crippen LogP) is -1.47. The maximum atomic E-state index is 11.7. The van der Waals surface area contributed by atoms with Crippen LogP contribution in [0.4, 0.5) is 0 Å². The van der Waals surface area contributed by atoms with E-state index in [2.05, 4.69) is 4.98 Å². The average molecular weight is 256 g/mol. The van der Waals surface area contributed by atoms with Crippen molar-refractivity contribution in [3.05, 3.63) is 32.6 Å². The van der Waals surface area contributed by atoms with Gasteiger partial charge >= 0.3 is 5.69 Å². The number of aliphatic hydroxyl groups is 2. The monoisotopic (exact) mass is 256 g/mol. The summed E-state index contributed by atoms with van der Waals surface area (Å²) in [5.74, 6) is 0. The largest absolute Gasteiger partial charge is 0.394 e. The summed E-state index contributed by atoms with van der Waals surface area (Å²) >= 11 is 0. The molecule has 0 unspecified atom stereocenters. The molecular weight excluding hydrogens is 240 g/mol. The minimum Gasteiger partial charge on any atom is -0.394 e. The number of rotatable bonds is 3. The summed E-state index contributed by atoms with van der Waals surface area (Å²) in [5, 5.41) is 18.3. The van der Waals surface area contributed by atoms with Crippen LogP contribution in [0.25, 0.3) is 0 Å². The molecule has 0 spiro atoms. The summed E-state index contributed by atoms with van der Waals surface area (Å²) in [5.41, 5.74) is -0.538. The number of aromatic nitrogens is 2. The molecule has 1 saturated heterocycles. The third-order valence-electron chi connectivity index (χ3n) is 3.19. The van der Waals surface area contributed by atoms with Crippen LogP contribution >= 0.6 is 0 Å². The third-order valence-corrected chi connectivity index (χ3v) is 3.19. The number of ether oxygens (including phenoxy) is 1. The zero-order valence-corrected chi connectivity index (χ0v) is 10.00. The van der Waals surface area contributed by atoms with Gasteiger partial charge in [0.1, 0.15) is 6.10 Å². The van der Waals surface area contributed by atoms with Crippen molar-refractivity contribution in [2.75, 3.05) is 13.2 Å². The predicted molar refractivity (Wildman–Crippen MR) is 62.5 cm³/mol. The Morgan fingerprint density at radius 1 is 1.44 bits per heavy atom. The summed E-state index contributed by atoms with van der Waals surface area (Å²) in [6, 6.07) is -0.379. The molecule has 1 aliphatic heterocycles. The number of aryl methyl sites for hydroxylation is 1. The van der Waals surface area contributed by atoms with Gasteiger partial charge in [0.25, 0.3) is 5.56 Å². The van der Waals surface area contributed by atoms with Gasteiger partial charge in [-0.2, -0.15) is 0 Å². The van der Waals surface area contributed by atoms with Gasteiger partial charge in [0.05, 0.1) is 25.4 Å². The zero-order valence-electron chi connectivity index (χ0n) is 10.00. The first-order chi connectivity index (χ1) is 8.56. The Bertz CT molecular complexity index is 535. The van der Waals surface area contributed by atoms with E-state index in [0.29, 0.717) is 12.0 Å². The molecule has 18 heavy (non-hydrogen) atoms. The second kappa shape index (κ2) is 5.05. The minimum atomic E-state index is -0.551. The van der Waals surface area contributed by atoms with E-state index in [-0.39, 0.29) is 19.3 Å². The van der Waals surface area contributed by atoms with Crippen LogP contribution in [-0.2, 0) is 4.74 Å². The zero-order chi connectivity index (χ0) is 13.3. The van der Waals surface area contributed by atoms with Crippen molar-refractivity contribution in [1.29, 1.82) is 0 Å². The molecule has 3 N–H and O–H groups in total. The van der Waals surface area contributed by atoms with E-state index in [4.69, 9.17) is 9.84 Å². The molecule has 1 aromatic heterocycles. The van der Waals surface area contributed by atoms with E-state index < -0.39 is 23.5 Å². The van der Waals surface area contributed by atoms with E-state index in [1.165, 1.54) is 10.8 Å². The van der Waals surface area contributed by atoms with Crippen molar-refractivity contribution in [1.82, 2.24) is 9.55 Å². The molecule has 0 saturated carbocycles. The minimum absolute atomic E-state index is 0.163. The molecule has 0 aromatic carbocycles. The van der Waals surface area contributed by atoms with Crippen LogP contribution < -0.4 is 11.2 Å². The molecule has 7 heteroatoms. The number of H-pyrrole nitrogens is 1. The smallest absolute Gasteiger partial charge is 0.328 e. The Morgan fingerprint density at radius 3 is 2.78 bits per heavy atom. The van der Waals surface area contributed by atoms with Crippen LogP contribution in [0.3, 0.4) is 0 Å². The summed E-state index contributed by atoms with van der Waals surface area (Å²) in [6.07, 6.45) is 0.932. The van der Waals surface area contributed by atoms with Gasteiger partial charge in [0.15, 0.2) is 0 Å². The first kappa shape index (κ1) is 13.0. The van der Waals surface area contributed by atoms with E-state index >= 15 is 0 Å². The maximum Gasteiger partial charge on any atom is 0.328 e. The highest BCUT2D eigenvalue weighted by molar-refractivity contribution is 5.03. The van der Waals surface area contributed by atoms with Gasteiger partial charge < -0.3 is 14.9 Å². The fourth-order valence-electron chi connectivity index (χ4n) is 2.22. The molecule has 0 radical (unpaired) electrons. The molecular formula is C11H16N2O5. The van der Waals surface area contributed by atoms with Gasteiger partial charge in [-0.05, 0) is 13.3 Å². The molecule has 1 aliphatic rings. The van der Waals surface area contributed by atoms with Gasteiger partial charge in [0.2, 0.25) is 0 Å². The highest BCUT2D eigenvalue weighted by Crippen LogP contribution is 2.29. The lowest BCUT2D eigenvalue weighted by Gasteiger charge is -2.18. The Labute approximate surface area is 103 Å². The SMILES string of the molecule is Cc1cn([C@@H]2C[C@H](CO)O[C@H]2CO)c(=O)[nH]c1=O. The Kier molecular flexibility index (Phi) is 3.65. The first-order valence-electron chi connectivity index (χ1n) is 5.76. The van der Waals surface area contributed by atoms with Crippen molar-refractivity contribution in [3.8, 4) is 0 Å². The number of nitrogens with zero attached hydrogens (tertiary/aromatic N) is 1. The second-order valence-electron chi connectivity index (χ2n) is 4.44. The Morgan fingerprint density at radius 2 is 2.17 bits per heavy atom. The van der Waals surface area contributed by atoms with E-state index in [0.717, 1.165) is 0 Å². The number of aliphatic hydroxyl groups excluding tert-OH is 2. The summed E-state index contributed by atoms with van der Waals surface area (Å²) in [6.45, 7) is 1.19. The standard InChI is InChI=1S/C11H16N2O5/c1-6-3-13(11(17)12-10(6)16)8-2-7(4-14)18-9(8)5-15/h3,7-9,14-15H,2,4-5H2,1H3,(H,12,16,17)/t7-,8-,9+/m1/s1. The van der Waals surface area contributed by atoms with E-state index in [1.807, 2.05) is 0 Å². The van der Waals surface area contributed by atoms with Crippen LogP contribution in [0.15, 0.2) is 15.8 Å². The summed E-state index contributed by atoms with van der Waals surface area (Å²) in [7, 11) is 0. The van der Waals surface area contributed by atoms with Gasteiger partial charge in [-0.3, -0.25) is 14.3 Å². The normalized spacial score (nSPS) is 27.6. The fourth-order valence-corrected chi connectivity index (χ4v) is 2.22. The highest BCUT2D eigenvalue weighted by atomic mass is 16.5. The number of hydrogen-bond donors (Lipinski definition) is 3. The lowest BCUT2D eigenvalue weighted by atomic mass is 10.1. The molecule has 0 aliphatic carbocycles. The lowest BCUT2D eigenvalue weighted by Crippen LogP contribution is -2.36. The van der Waals surface area contributed by atoms with Crippen molar-refractivity contribution < 1.29 is 14.9 Å². The first-order valence-corrected chi connectivity index (χ1v) is 5.76. The highest BCUT2D eigenvalue weighted by Gasteiger charge is 2.36. The van der Waals surface area contributed by atoms with Crippen LogP contribution in [-0.4, -0.2) is 45.2 Å². The van der Waals surface area contributed by atoms with Gasteiger partial charge in [-0.15, -0.1) is 0 Å². The number of nitrogens with one attached hydrogen (secondary N) is 1. The molecule has 3 atom stereocenters. The molecule has 100 valence electrons. The Hall–Kier alpha value is -1.44. The average Bonchev–Trinajstić information content (AvgIpc) is 2.77. The fraction of sp³-hybridized carbons (Fsp3) is 0.636. The van der Waals surface area contributed by atoms with Gasteiger partial charge in [-0.25, -0.2) is 4.79 Å². The van der Waals surface area contributed by atoms with Crippen molar-refractivity contribution in [2.24, 2.45) is 0 Å². The van der Waals surface area contributed by atoms with E-state index in [9.17, 15) is 14.7 Å².